The average Bonchev–Trinajstić information content (AvgIpc) is 2.32. The lowest BCUT2D eigenvalue weighted by atomic mass is 9.97. The Morgan fingerprint density at radius 3 is 2.83 bits per heavy atom. The van der Waals surface area contributed by atoms with E-state index in [9.17, 15) is 4.79 Å². The lowest BCUT2D eigenvalue weighted by Crippen LogP contribution is -2.44. The number of alkyl halides is 1. The number of carbonyl (C=O) groups excluding carboxylic acids is 1. The van der Waals surface area contributed by atoms with Crippen molar-refractivity contribution < 1.29 is 4.79 Å². The zero-order chi connectivity index (χ0) is 13.3. The van der Waals surface area contributed by atoms with Crippen LogP contribution in [0.1, 0.15) is 29.3 Å². The Hall–Kier alpha value is -0.540. The second kappa shape index (κ2) is 5.62. The molecule has 2 nitrogen and oxygen atoms in total. The second-order valence-corrected chi connectivity index (χ2v) is 6.47. The van der Waals surface area contributed by atoms with Crippen molar-refractivity contribution >= 4 is 33.4 Å². The third kappa shape index (κ3) is 2.89. The van der Waals surface area contributed by atoms with E-state index in [1.165, 1.54) is 0 Å². The number of nitrogens with zero attached hydrogens (tertiary/aromatic N) is 1. The van der Waals surface area contributed by atoms with Crippen LogP contribution < -0.4 is 0 Å². The van der Waals surface area contributed by atoms with E-state index in [4.69, 9.17) is 11.6 Å². The molecule has 0 aliphatic carbocycles. The molecule has 2 unspecified atom stereocenters. The molecule has 4 heteroatoms. The van der Waals surface area contributed by atoms with Crippen LogP contribution in [0.15, 0.2) is 22.7 Å². The zero-order valence-electron chi connectivity index (χ0n) is 10.6. The quantitative estimate of drug-likeness (QED) is 0.716. The van der Waals surface area contributed by atoms with E-state index >= 15 is 0 Å². The van der Waals surface area contributed by atoms with Gasteiger partial charge in [-0.3, -0.25) is 4.79 Å². The van der Waals surface area contributed by atoms with Crippen molar-refractivity contribution in [2.75, 3.05) is 13.1 Å². The summed E-state index contributed by atoms with van der Waals surface area (Å²) >= 11 is 9.67. The number of amides is 1. The molecule has 98 valence electrons. The smallest absolute Gasteiger partial charge is 0.254 e. The van der Waals surface area contributed by atoms with Gasteiger partial charge in [-0.05, 0) is 43.0 Å². The highest BCUT2D eigenvalue weighted by atomic mass is 79.9. The molecular formula is C14H17BrClNO. The SMILES string of the molecule is Cc1cc(Br)ccc1C(=O)N1CCC(C)C(Cl)C1. The Balaban J connectivity index is 2.16. The molecule has 0 radical (unpaired) electrons. The molecule has 0 N–H and O–H groups in total. The maximum atomic E-state index is 12.4. The fraction of sp³-hybridized carbons (Fsp3) is 0.500. The van der Waals surface area contributed by atoms with E-state index < -0.39 is 0 Å². The Kier molecular flexibility index (Phi) is 4.33. The number of piperidine rings is 1. The molecule has 1 aliphatic heterocycles. The maximum absolute atomic E-state index is 12.4. The Bertz CT molecular complexity index is 463. The average molecular weight is 331 g/mol. The third-order valence-corrected chi connectivity index (χ3v) is 4.63. The topological polar surface area (TPSA) is 20.3 Å². The number of halogens is 2. The first-order valence-corrected chi connectivity index (χ1v) is 7.41. The summed E-state index contributed by atoms with van der Waals surface area (Å²) in [6.45, 7) is 5.56. The minimum absolute atomic E-state index is 0.0680. The summed E-state index contributed by atoms with van der Waals surface area (Å²) in [5, 5.41) is 0.0680. The predicted octanol–water partition coefficient (Wildman–Crippen LogP) is 3.85. The van der Waals surface area contributed by atoms with Gasteiger partial charge in [-0.15, -0.1) is 11.6 Å². The molecule has 1 fully saturated rings. The van der Waals surface area contributed by atoms with E-state index in [-0.39, 0.29) is 11.3 Å². The molecular weight excluding hydrogens is 314 g/mol. The van der Waals surface area contributed by atoms with Crippen LogP contribution >= 0.6 is 27.5 Å². The summed E-state index contributed by atoms with van der Waals surface area (Å²) in [4.78, 5) is 14.3. The zero-order valence-corrected chi connectivity index (χ0v) is 13.0. The van der Waals surface area contributed by atoms with Crippen molar-refractivity contribution in [2.45, 2.75) is 25.6 Å². The van der Waals surface area contributed by atoms with Gasteiger partial charge in [-0.25, -0.2) is 0 Å². The predicted molar refractivity (Wildman–Crippen MR) is 78.2 cm³/mol. The van der Waals surface area contributed by atoms with Gasteiger partial charge < -0.3 is 4.90 Å². The highest BCUT2D eigenvalue weighted by Crippen LogP contribution is 2.24. The lowest BCUT2D eigenvalue weighted by Gasteiger charge is -2.34. The van der Waals surface area contributed by atoms with Crippen molar-refractivity contribution in [1.82, 2.24) is 4.90 Å². The Labute approximate surface area is 121 Å². The fourth-order valence-electron chi connectivity index (χ4n) is 2.24. The third-order valence-electron chi connectivity index (χ3n) is 3.57. The van der Waals surface area contributed by atoms with E-state index in [2.05, 4.69) is 22.9 Å². The summed E-state index contributed by atoms with van der Waals surface area (Å²) in [5.74, 6) is 0.583. The van der Waals surface area contributed by atoms with Crippen LogP contribution in [0, 0.1) is 12.8 Å². The summed E-state index contributed by atoms with van der Waals surface area (Å²) in [6, 6.07) is 5.76. The van der Waals surface area contributed by atoms with Gasteiger partial charge in [0.05, 0.1) is 5.38 Å². The van der Waals surface area contributed by atoms with Gasteiger partial charge in [0.2, 0.25) is 0 Å². The van der Waals surface area contributed by atoms with Crippen molar-refractivity contribution in [2.24, 2.45) is 5.92 Å². The highest BCUT2D eigenvalue weighted by Gasteiger charge is 2.28. The molecule has 18 heavy (non-hydrogen) atoms. The van der Waals surface area contributed by atoms with Crippen LogP contribution in [0.5, 0.6) is 0 Å². The number of benzene rings is 1. The summed E-state index contributed by atoms with van der Waals surface area (Å²) in [6.07, 6.45) is 0.982. The number of hydrogen-bond acceptors (Lipinski definition) is 1. The van der Waals surface area contributed by atoms with E-state index in [0.29, 0.717) is 12.5 Å². The monoisotopic (exact) mass is 329 g/mol. The molecule has 2 atom stereocenters. The summed E-state index contributed by atoms with van der Waals surface area (Å²) in [7, 11) is 0. The Morgan fingerprint density at radius 2 is 2.22 bits per heavy atom. The van der Waals surface area contributed by atoms with E-state index in [0.717, 1.165) is 28.6 Å². The summed E-state index contributed by atoms with van der Waals surface area (Å²) in [5.41, 5.74) is 1.77. The molecule has 0 aromatic heterocycles. The molecule has 1 aromatic rings. The number of likely N-dealkylation sites (tertiary alicyclic amines) is 1. The molecule has 0 bridgehead atoms. The molecule has 1 heterocycles. The first-order chi connectivity index (χ1) is 8.49. The van der Waals surface area contributed by atoms with Crippen molar-refractivity contribution in [1.29, 1.82) is 0 Å². The Morgan fingerprint density at radius 1 is 1.50 bits per heavy atom. The standard InChI is InChI=1S/C14H17BrClNO/c1-9-5-6-17(8-13(9)16)14(18)12-4-3-11(15)7-10(12)2/h3-4,7,9,13H,5-6,8H2,1-2H3. The van der Waals surface area contributed by atoms with Gasteiger partial charge in [0.15, 0.2) is 0 Å². The van der Waals surface area contributed by atoms with Gasteiger partial charge in [-0.2, -0.15) is 0 Å². The maximum Gasteiger partial charge on any atom is 0.254 e. The van der Waals surface area contributed by atoms with Gasteiger partial charge in [0.25, 0.3) is 5.91 Å². The van der Waals surface area contributed by atoms with Crippen molar-refractivity contribution in [3.63, 3.8) is 0 Å². The van der Waals surface area contributed by atoms with Crippen LogP contribution in [0.2, 0.25) is 0 Å². The molecule has 1 aliphatic rings. The lowest BCUT2D eigenvalue weighted by molar-refractivity contribution is 0.0700. The van der Waals surface area contributed by atoms with Crippen molar-refractivity contribution in [3.8, 4) is 0 Å². The largest absolute Gasteiger partial charge is 0.337 e. The van der Waals surface area contributed by atoms with Gasteiger partial charge in [-0.1, -0.05) is 22.9 Å². The summed E-state index contributed by atoms with van der Waals surface area (Å²) < 4.78 is 0.999. The number of carbonyl (C=O) groups is 1. The van der Waals surface area contributed by atoms with Crippen LogP contribution in [-0.2, 0) is 0 Å². The molecule has 1 aromatic carbocycles. The highest BCUT2D eigenvalue weighted by molar-refractivity contribution is 9.10. The normalized spacial score (nSPS) is 24.1. The van der Waals surface area contributed by atoms with Crippen LogP contribution in [0.25, 0.3) is 0 Å². The van der Waals surface area contributed by atoms with E-state index in [1.807, 2.05) is 30.0 Å². The van der Waals surface area contributed by atoms with Crippen molar-refractivity contribution in [3.05, 3.63) is 33.8 Å². The number of hydrogen-bond donors (Lipinski definition) is 0. The molecule has 1 saturated heterocycles. The van der Waals surface area contributed by atoms with Crippen LogP contribution in [-0.4, -0.2) is 29.3 Å². The minimum Gasteiger partial charge on any atom is -0.337 e. The first kappa shape index (κ1) is 13.9. The van der Waals surface area contributed by atoms with Gasteiger partial charge in [0, 0.05) is 23.1 Å². The molecule has 1 amide bonds. The van der Waals surface area contributed by atoms with Gasteiger partial charge in [0.1, 0.15) is 0 Å². The van der Waals surface area contributed by atoms with Crippen LogP contribution in [0.3, 0.4) is 0 Å². The number of rotatable bonds is 1. The molecule has 0 saturated carbocycles. The number of aryl methyl sites for hydroxylation is 1. The second-order valence-electron chi connectivity index (χ2n) is 4.99. The first-order valence-electron chi connectivity index (χ1n) is 6.18. The fourth-order valence-corrected chi connectivity index (χ4v) is 3.01. The van der Waals surface area contributed by atoms with E-state index in [1.54, 1.807) is 0 Å². The molecule has 2 rings (SSSR count). The molecule has 0 spiro atoms. The van der Waals surface area contributed by atoms with Gasteiger partial charge >= 0.3 is 0 Å². The van der Waals surface area contributed by atoms with Crippen LogP contribution in [0.4, 0.5) is 0 Å². The minimum atomic E-state index is 0.0680.